The topological polar surface area (TPSA) is 66.0 Å². The summed E-state index contributed by atoms with van der Waals surface area (Å²) in [6.45, 7) is 0. The van der Waals surface area contributed by atoms with Crippen molar-refractivity contribution in [2.45, 2.75) is 0 Å². The third-order valence-electron chi connectivity index (χ3n) is 1.59. The molecule has 0 aromatic carbocycles. The number of nitrogens with zero attached hydrogens (tertiary/aromatic N) is 2. The Morgan fingerprint density at radius 3 is 2.77 bits per heavy atom. The summed E-state index contributed by atoms with van der Waals surface area (Å²) in [6, 6.07) is 1.78. The molecule has 13 heavy (non-hydrogen) atoms. The van der Waals surface area contributed by atoms with Gasteiger partial charge < -0.3 is 10.6 Å². The highest BCUT2D eigenvalue weighted by atomic mass is 79.9. The zero-order valence-corrected chi connectivity index (χ0v) is 9.09. The summed E-state index contributed by atoms with van der Waals surface area (Å²) >= 11 is 3.28. The number of aromatic nitrogens is 1. The Morgan fingerprint density at radius 2 is 2.23 bits per heavy atom. The maximum absolute atomic E-state index is 7.71. The summed E-state index contributed by atoms with van der Waals surface area (Å²) in [5.74, 6) is 0.730. The van der Waals surface area contributed by atoms with Crippen LogP contribution in [-0.2, 0) is 0 Å². The van der Waals surface area contributed by atoms with Crippen LogP contribution in [-0.4, -0.2) is 29.8 Å². The normalized spacial score (nSPS) is 9.77. The Labute approximate surface area is 85.4 Å². The lowest BCUT2D eigenvalue weighted by atomic mass is 10.2. The molecule has 3 N–H and O–H groups in total. The van der Waals surface area contributed by atoms with E-state index in [9.17, 15) is 0 Å². The molecular weight excluding hydrogens is 232 g/mol. The van der Waals surface area contributed by atoms with Gasteiger partial charge >= 0.3 is 0 Å². The summed E-state index contributed by atoms with van der Waals surface area (Å²) in [4.78, 5) is 5.63. The first kappa shape index (κ1) is 9.98. The van der Waals surface area contributed by atoms with Gasteiger partial charge in [0.05, 0.1) is 5.56 Å². The van der Waals surface area contributed by atoms with Gasteiger partial charge in [-0.15, -0.1) is 0 Å². The summed E-state index contributed by atoms with van der Waals surface area (Å²) in [5.41, 5.74) is 6.27. The van der Waals surface area contributed by atoms with Gasteiger partial charge in [0.1, 0.15) is 11.7 Å². The smallest absolute Gasteiger partial charge is 0.134 e. The second kappa shape index (κ2) is 3.74. The van der Waals surface area contributed by atoms with Crippen molar-refractivity contribution in [2.24, 2.45) is 0 Å². The molecule has 4 nitrogen and oxygen atoms in total. The number of hydrogen-bond donors (Lipinski definition) is 2. The van der Waals surface area contributed by atoms with Crippen molar-refractivity contribution >= 4 is 27.6 Å². The number of rotatable bonds is 1. The Hall–Kier alpha value is -1.10. The number of nitrogens with one attached hydrogen (secondary N) is 1. The molecule has 1 rings (SSSR count). The van der Waals surface area contributed by atoms with Crippen LogP contribution in [0.25, 0.3) is 0 Å². The summed E-state index contributed by atoms with van der Waals surface area (Å²) in [5, 5.41) is 7.71. The molecular formula is C8H11BrN4. The lowest BCUT2D eigenvalue weighted by Gasteiger charge is -2.14. The van der Waals surface area contributed by atoms with Gasteiger partial charge in [-0.25, -0.2) is 4.98 Å². The van der Waals surface area contributed by atoms with Crippen molar-refractivity contribution in [3.8, 4) is 0 Å². The molecule has 1 heterocycles. The molecule has 0 fully saturated rings. The van der Waals surface area contributed by atoms with Crippen LogP contribution in [0.4, 0.5) is 5.82 Å². The number of hydrogen-bond acceptors (Lipinski definition) is 3. The first-order valence-electron chi connectivity index (χ1n) is 3.69. The standard InChI is InChI=1S/C8H11BrN4/c1-13(2)8(11)6-3-5(9)4-12-7(6)10/h3-4,11H,1-2H3,(H2,10,12). The predicted octanol–water partition coefficient (Wildman–Crippen LogP) is 1.31. The number of pyridine rings is 1. The van der Waals surface area contributed by atoms with Crippen LogP contribution in [0.15, 0.2) is 16.7 Å². The zero-order chi connectivity index (χ0) is 10.0. The maximum atomic E-state index is 7.71. The minimum Gasteiger partial charge on any atom is -0.383 e. The molecule has 0 aliphatic rings. The quantitative estimate of drug-likeness (QED) is 0.577. The molecule has 0 spiro atoms. The molecule has 0 saturated heterocycles. The van der Waals surface area contributed by atoms with Crippen LogP contribution in [0.3, 0.4) is 0 Å². The van der Waals surface area contributed by atoms with E-state index in [-0.39, 0.29) is 0 Å². The Bertz CT molecular complexity index is 335. The number of halogens is 1. The number of nitrogens with two attached hydrogens (primary N) is 1. The molecule has 0 radical (unpaired) electrons. The van der Waals surface area contributed by atoms with Crippen molar-refractivity contribution in [2.75, 3.05) is 19.8 Å². The maximum Gasteiger partial charge on any atom is 0.134 e. The second-order valence-electron chi connectivity index (χ2n) is 2.83. The minimum absolute atomic E-state index is 0.353. The molecule has 0 saturated carbocycles. The highest BCUT2D eigenvalue weighted by molar-refractivity contribution is 9.10. The summed E-state index contributed by atoms with van der Waals surface area (Å²) in [7, 11) is 3.59. The van der Waals surface area contributed by atoms with Crippen molar-refractivity contribution in [3.05, 3.63) is 22.3 Å². The van der Waals surface area contributed by atoms with Gasteiger partial charge in [-0.1, -0.05) is 0 Å². The molecule has 0 unspecified atom stereocenters. The number of nitrogen functional groups attached to an aromatic ring is 1. The van der Waals surface area contributed by atoms with Gasteiger partial charge in [0.25, 0.3) is 0 Å². The zero-order valence-electron chi connectivity index (χ0n) is 7.50. The molecule has 0 aliphatic carbocycles. The second-order valence-corrected chi connectivity index (χ2v) is 3.75. The van der Waals surface area contributed by atoms with Crippen LogP contribution in [0.1, 0.15) is 5.56 Å². The molecule has 0 bridgehead atoms. The van der Waals surface area contributed by atoms with Gasteiger partial charge in [-0.05, 0) is 22.0 Å². The van der Waals surface area contributed by atoms with Crippen LogP contribution in [0.2, 0.25) is 0 Å². The lowest BCUT2D eigenvalue weighted by Crippen LogP contribution is -2.23. The van der Waals surface area contributed by atoms with Crippen LogP contribution >= 0.6 is 15.9 Å². The summed E-state index contributed by atoms with van der Waals surface area (Å²) in [6.07, 6.45) is 1.61. The molecule has 0 atom stereocenters. The van der Waals surface area contributed by atoms with Crippen LogP contribution in [0, 0.1) is 5.41 Å². The largest absolute Gasteiger partial charge is 0.383 e. The fourth-order valence-corrected chi connectivity index (χ4v) is 1.21. The van der Waals surface area contributed by atoms with E-state index >= 15 is 0 Å². The fraction of sp³-hybridized carbons (Fsp3) is 0.250. The third-order valence-corrected chi connectivity index (χ3v) is 2.02. The molecule has 0 amide bonds. The van der Waals surface area contributed by atoms with Gasteiger partial charge in [-0.3, -0.25) is 5.41 Å². The Balaban J connectivity index is 3.13. The number of anilines is 1. The molecule has 0 aliphatic heterocycles. The van der Waals surface area contributed by atoms with E-state index in [0.29, 0.717) is 17.2 Å². The average Bonchev–Trinajstić information content (AvgIpc) is 2.08. The van der Waals surface area contributed by atoms with Crippen molar-refractivity contribution in [1.82, 2.24) is 9.88 Å². The molecule has 5 heteroatoms. The van der Waals surface area contributed by atoms with Crippen LogP contribution in [0.5, 0.6) is 0 Å². The van der Waals surface area contributed by atoms with E-state index in [0.717, 1.165) is 4.47 Å². The molecule has 1 aromatic rings. The highest BCUT2D eigenvalue weighted by Gasteiger charge is 2.08. The minimum atomic E-state index is 0.353. The van der Waals surface area contributed by atoms with E-state index in [1.165, 1.54) is 0 Å². The van der Waals surface area contributed by atoms with Crippen LogP contribution < -0.4 is 5.73 Å². The van der Waals surface area contributed by atoms with E-state index in [1.54, 1.807) is 31.3 Å². The van der Waals surface area contributed by atoms with Gasteiger partial charge in [-0.2, -0.15) is 0 Å². The molecule has 1 aromatic heterocycles. The first-order chi connectivity index (χ1) is 6.02. The van der Waals surface area contributed by atoms with Crippen molar-refractivity contribution in [3.63, 3.8) is 0 Å². The Morgan fingerprint density at radius 1 is 1.62 bits per heavy atom. The van der Waals surface area contributed by atoms with Crippen molar-refractivity contribution in [1.29, 1.82) is 5.41 Å². The Kier molecular flexibility index (Phi) is 2.87. The number of amidine groups is 1. The third kappa shape index (κ3) is 2.18. The van der Waals surface area contributed by atoms with E-state index in [1.807, 2.05) is 0 Å². The average molecular weight is 243 g/mol. The van der Waals surface area contributed by atoms with Gasteiger partial charge in [0.2, 0.25) is 0 Å². The fourth-order valence-electron chi connectivity index (χ4n) is 0.880. The van der Waals surface area contributed by atoms with E-state index in [4.69, 9.17) is 11.1 Å². The van der Waals surface area contributed by atoms with E-state index in [2.05, 4.69) is 20.9 Å². The van der Waals surface area contributed by atoms with Crippen molar-refractivity contribution < 1.29 is 0 Å². The SMILES string of the molecule is CN(C)C(=N)c1cc(Br)cnc1N. The molecule has 70 valence electrons. The highest BCUT2D eigenvalue weighted by Crippen LogP contribution is 2.16. The van der Waals surface area contributed by atoms with Gasteiger partial charge in [0, 0.05) is 24.8 Å². The van der Waals surface area contributed by atoms with E-state index < -0.39 is 0 Å². The summed E-state index contributed by atoms with van der Waals surface area (Å²) < 4.78 is 0.823. The lowest BCUT2D eigenvalue weighted by molar-refractivity contribution is 0.619. The first-order valence-corrected chi connectivity index (χ1v) is 4.49. The van der Waals surface area contributed by atoms with Gasteiger partial charge in [0.15, 0.2) is 0 Å². The predicted molar refractivity (Wildman–Crippen MR) is 56.9 cm³/mol. The monoisotopic (exact) mass is 242 g/mol.